The minimum Gasteiger partial charge on any atom is -0.480 e. The van der Waals surface area contributed by atoms with Crippen LogP contribution in [0.15, 0.2) is 23.1 Å². The van der Waals surface area contributed by atoms with E-state index in [4.69, 9.17) is 10.4 Å². The van der Waals surface area contributed by atoms with Crippen LogP contribution in [-0.2, 0) is 14.8 Å². The topological polar surface area (TPSA) is 98.5 Å². The number of aryl methyl sites for hydroxylation is 1. The van der Waals surface area contributed by atoms with E-state index in [1.165, 1.54) is 18.2 Å². The van der Waals surface area contributed by atoms with Gasteiger partial charge in [-0.3, -0.25) is 4.79 Å². The van der Waals surface area contributed by atoms with Crippen molar-refractivity contribution < 1.29 is 18.3 Å². The third-order valence-corrected chi connectivity index (χ3v) is 5.23. The molecule has 7 heteroatoms. The zero-order valence-corrected chi connectivity index (χ0v) is 12.4. The molecule has 112 valence electrons. The van der Waals surface area contributed by atoms with Crippen LogP contribution >= 0.6 is 0 Å². The van der Waals surface area contributed by atoms with Crippen molar-refractivity contribution in [2.45, 2.75) is 24.7 Å². The van der Waals surface area contributed by atoms with E-state index in [9.17, 15) is 13.2 Å². The van der Waals surface area contributed by atoms with Crippen LogP contribution in [0.25, 0.3) is 0 Å². The minimum absolute atomic E-state index is 0.0286. The molecule has 1 aliphatic carbocycles. The van der Waals surface area contributed by atoms with Crippen molar-refractivity contribution in [1.82, 2.24) is 4.31 Å². The summed E-state index contributed by atoms with van der Waals surface area (Å²) in [6.45, 7) is 1.34. The molecule has 1 aromatic carbocycles. The van der Waals surface area contributed by atoms with E-state index in [0.717, 1.165) is 17.1 Å². The molecule has 0 aromatic heterocycles. The van der Waals surface area contributed by atoms with Gasteiger partial charge in [0.1, 0.15) is 6.54 Å². The Morgan fingerprint density at radius 1 is 1.48 bits per heavy atom. The van der Waals surface area contributed by atoms with Gasteiger partial charge in [0, 0.05) is 6.54 Å². The maximum absolute atomic E-state index is 12.6. The van der Waals surface area contributed by atoms with Gasteiger partial charge in [-0.25, -0.2) is 8.42 Å². The Morgan fingerprint density at radius 2 is 2.14 bits per heavy atom. The number of carboxylic acids is 1. The summed E-state index contributed by atoms with van der Waals surface area (Å²) < 4.78 is 26.1. The molecule has 21 heavy (non-hydrogen) atoms. The lowest BCUT2D eigenvalue weighted by Crippen LogP contribution is -2.37. The summed E-state index contributed by atoms with van der Waals surface area (Å²) in [5.74, 6) is -0.928. The number of carboxylic acid groups (broad SMARTS) is 1. The molecule has 0 unspecified atom stereocenters. The maximum atomic E-state index is 12.6. The highest BCUT2D eigenvalue weighted by molar-refractivity contribution is 7.89. The van der Waals surface area contributed by atoms with Crippen molar-refractivity contribution in [2.75, 3.05) is 13.1 Å². The van der Waals surface area contributed by atoms with Gasteiger partial charge in [0.05, 0.1) is 16.5 Å². The number of nitriles is 1. The van der Waals surface area contributed by atoms with Crippen molar-refractivity contribution in [1.29, 1.82) is 5.26 Å². The van der Waals surface area contributed by atoms with E-state index in [1.54, 1.807) is 6.92 Å². The van der Waals surface area contributed by atoms with Gasteiger partial charge in [0.2, 0.25) is 10.0 Å². The molecule has 0 bridgehead atoms. The van der Waals surface area contributed by atoms with Gasteiger partial charge in [-0.15, -0.1) is 0 Å². The van der Waals surface area contributed by atoms with Crippen LogP contribution in [0.2, 0.25) is 0 Å². The summed E-state index contributed by atoms with van der Waals surface area (Å²) in [5.41, 5.74) is 0.959. The molecule has 0 radical (unpaired) electrons. The van der Waals surface area contributed by atoms with Crippen LogP contribution in [0.1, 0.15) is 24.0 Å². The summed E-state index contributed by atoms with van der Waals surface area (Å²) in [6, 6.07) is 6.18. The normalized spacial score (nSPS) is 14.9. The molecule has 6 nitrogen and oxygen atoms in total. The smallest absolute Gasteiger partial charge is 0.318 e. The van der Waals surface area contributed by atoms with Crippen LogP contribution in [0.5, 0.6) is 0 Å². The van der Waals surface area contributed by atoms with E-state index < -0.39 is 22.5 Å². The molecular weight excluding hydrogens is 292 g/mol. The number of hydrogen-bond acceptors (Lipinski definition) is 4. The number of hydrogen-bond donors (Lipinski definition) is 1. The van der Waals surface area contributed by atoms with Gasteiger partial charge >= 0.3 is 5.97 Å². The van der Waals surface area contributed by atoms with Crippen LogP contribution in [0.3, 0.4) is 0 Å². The fourth-order valence-corrected chi connectivity index (χ4v) is 3.61. The Kier molecular flexibility index (Phi) is 4.30. The molecule has 0 heterocycles. The van der Waals surface area contributed by atoms with Crippen LogP contribution < -0.4 is 0 Å². The first-order chi connectivity index (χ1) is 9.84. The average molecular weight is 308 g/mol. The highest BCUT2D eigenvalue weighted by Crippen LogP contribution is 2.31. The lowest BCUT2D eigenvalue weighted by atomic mass is 10.1. The molecule has 2 rings (SSSR count). The quantitative estimate of drug-likeness (QED) is 0.855. The molecule has 1 fully saturated rings. The number of sulfonamides is 1. The Morgan fingerprint density at radius 3 is 2.62 bits per heavy atom. The molecule has 1 saturated carbocycles. The second-order valence-electron chi connectivity index (χ2n) is 5.22. The first-order valence-electron chi connectivity index (χ1n) is 6.57. The number of rotatable bonds is 6. The van der Waals surface area contributed by atoms with E-state index in [2.05, 4.69) is 0 Å². The molecule has 1 N–H and O–H groups in total. The van der Waals surface area contributed by atoms with E-state index in [1.807, 2.05) is 6.07 Å². The molecule has 0 saturated heterocycles. The minimum atomic E-state index is -3.86. The number of nitrogens with zero attached hydrogens (tertiary/aromatic N) is 2. The number of carbonyl (C=O) groups is 1. The zero-order valence-electron chi connectivity index (χ0n) is 11.6. The third kappa shape index (κ3) is 3.60. The van der Waals surface area contributed by atoms with Gasteiger partial charge in [-0.05, 0) is 49.4 Å². The molecule has 0 atom stereocenters. The summed E-state index contributed by atoms with van der Waals surface area (Å²) in [7, 11) is -3.86. The lowest BCUT2D eigenvalue weighted by Gasteiger charge is -2.20. The molecule has 0 aliphatic heterocycles. The Balaban J connectivity index is 2.34. The fraction of sp³-hybridized carbons (Fsp3) is 0.429. The van der Waals surface area contributed by atoms with Crippen LogP contribution in [-0.4, -0.2) is 36.9 Å². The molecule has 0 amide bonds. The highest BCUT2D eigenvalue weighted by atomic mass is 32.2. The largest absolute Gasteiger partial charge is 0.480 e. The van der Waals surface area contributed by atoms with Crippen molar-refractivity contribution in [3.63, 3.8) is 0 Å². The molecule has 0 spiro atoms. The number of benzene rings is 1. The molecule has 1 aromatic rings. The predicted molar refractivity (Wildman–Crippen MR) is 75.0 cm³/mol. The lowest BCUT2D eigenvalue weighted by molar-refractivity contribution is -0.137. The van der Waals surface area contributed by atoms with Gasteiger partial charge in [-0.1, -0.05) is 0 Å². The standard InChI is InChI=1S/C14H16N2O4S/c1-10-6-13(5-4-12(10)7-15)21(19,20)16(9-14(17)18)8-11-2-3-11/h4-6,11H,2-3,8-9H2,1H3,(H,17,18). The number of aliphatic carboxylic acids is 1. The zero-order chi connectivity index (χ0) is 15.6. The molecule has 1 aliphatic rings. The van der Waals surface area contributed by atoms with Gasteiger partial charge in [0.25, 0.3) is 0 Å². The Labute approximate surface area is 123 Å². The van der Waals surface area contributed by atoms with Gasteiger partial charge in [0.15, 0.2) is 0 Å². The first-order valence-corrected chi connectivity index (χ1v) is 8.01. The summed E-state index contributed by atoms with van der Waals surface area (Å²) in [5, 5.41) is 17.8. The monoisotopic (exact) mass is 308 g/mol. The summed E-state index contributed by atoms with van der Waals surface area (Å²) in [6.07, 6.45) is 1.86. The van der Waals surface area contributed by atoms with Crippen LogP contribution in [0.4, 0.5) is 0 Å². The van der Waals surface area contributed by atoms with Crippen LogP contribution in [0, 0.1) is 24.2 Å². The van der Waals surface area contributed by atoms with Crippen molar-refractivity contribution in [2.24, 2.45) is 5.92 Å². The van der Waals surface area contributed by atoms with E-state index in [0.29, 0.717) is 11.1 Å². The fourth-order valence-electron chi connectivity index (χ4n) is 2.06. The third-order valence-electron chi connectivity index (χ3n) is 3.43. The molecular formula is C14H16N2O4S. The van der Waals surface area contributed by atoms with Crippen molar-refractivity contribution in [3.05, 3.63) is 29.3 Å². The SMILES string of the molecule is Cc1cc(S(=O)(=O)N(CC(=O)O)CC2CC2)ccc1C#N. The predicted octanol–water partition coefficient (Wildman–Crippen LogP) is 1.35. The van der Waals surface area contributed by atoms with Gasteiger partial charge in [-0.2, -0.15) is 9.57 Å². The van der Waals surface area contributed by atoms with Gasteiger partial charge < -0.3 is 5.11 Å². The van der Waals surface area contributed by atoms with Crippen molar-refractivity contribution in [3.8, 4) is 6.07 Å². The maximum Gasteiger partial charge on any atom is 0.318 e. The first kappa shape index (κ1) is 15.5. The second kappa shape index (κ2) is 5.84. The summed E-state index contributed by atoms with van der Waals surface area (Å²) >= 11 is 0. The second-order valence-corrected chi connectivity index (χ2v) is 7.16. The highest BCUT2D eigenvalue weighted by Gasteiger charge is 2.33. The van der Waals surface area contributed by atoms with Crippen molar-refractivity contribution >= 4 is 16.0 Å². The van der Waals surface area contributed by atoms with E-state index >= 15 is 0 Å². The summed E-state index contributed by atoms with van der Waals surface area (Å²) in [4.78, 5) is 10.9. The Bertz CT molecular complexity index is 702. The van der Waals surface area contributed by atoms with E-state index in [-0.39, 0.29) is 17.4 Å². The average Bonchev–Trinajstić information content (AvgIpc) is 3.21. The Hall–Kier alpha value is -1.91.